The molecule has 0 aliphatic heterocycles. The molecule has 1 amide bonds. The smallest absolute Gasteiger partial charge is 0.371 e. The zero-order chi connectivity index (χ0) is 13.5. The van der Waals surface area contributed by atoms with E-state index in [-0.39, 0.29) is 6.54 Å². The van der Waals surface area contributed by atoms with Crippen molar-refractivity contribution < 1.29 is 24.5 Å². The van der Waals surface area contributed by atoms with Crippen LogP contribution in [-0.4, -0.2) is 29.2 Å². The summed E-state index contributed by atoms with van der Waals surface area (Å²) in [5, 5.41) is 19.7. The lowest BCUT2D eigenvalue weighted by molar-refractivity contribution is -0.136. The molecule has 3 N–H and O–H groups in total. The number of benzene rings is 1. The normalized spacial score (nSPS) is 10.8. The van der Waals surface area contributed by atoms with Gasteiger partial charge in [0.2, 0.25) is 11.7 Å². The quantitative estimate of drug-likeness (QED) is 0.532. The minimum absolute atomic E-state index is 0.228. The highest BCUT2D eigenvalue weighted by Gasteiger charge is 2.06. The highest BCUT2D eigenvalue weighted by molar-refractivity contribution is 5.95. The van der Waals surface area contributed by atoms with Crippen LogP contribution in [0.3, 0.4) is 0 Å². The molecule has 0 heterocycles. The van der Waals surface area contributed by atoms with Crippen LogP contribution in [0.15, 0.2) is 36.1 Å². The molecule has 1 rings (SSSR count). The first-order valence-corrected chi connectivity index (χ1v) is 5.07. The lowest BCUT2D eigenvalue weighted by Crippen LogP contribution is -2.21. The van der Waals surface area contributed by atoms with Gasteiger partial charge in [-0.05, 0) is 17.7 Å². The van der Waals surface area contributed by atoms with Crippen LogP contribution >= 0.6 is 0 Å². The third-order valence-corrected chi connectivity index (χ3v) is 2.11. The van der Waals surface area contributed by atoms with E-state index in [0.717, 1.165) is 5.56 Å². The average molecular weight is 251 g/mol. The summed E-state index contributed by atoms with van der Waals surface area (Å²) in [6, 6.07) is 7.01. The molecular formula is C12H13NO5. The van der Waals surface area contributed by atoms with Crippen molar-refractivity contribution in [2.24, 2.45) is 0 Å². The van der Waals surface area contributed by atoms with Gasteiger partial charge in [-0.2, -0.15) is 0 Å². The first-order chi connectivity index (χ1) is 8.52. The zero-order valence-electron chi connectivity index (χ0n) is 9.71. The summed E-state index contributed by atoms with van der Waals surface area (Å²) in [6.07, 6.45) is 0.617. The first kappa shape index (κ1) is 13.6. The number of carboxylic acids is 1. The highest BCUT2D eigenvalue weighted by atomic mass is 16.5. The molecule has 0 saturated heterocycles. The Morgan fingerprint density at radius 3 is 2.39 bits per heavy atom. The molecular weight excluding hydrogens is 238 g/mol. The lowest BCUT2D eigenvalue weighted by atomic mass is 10.2. The Kier molecular flexibility index (Phi) is 4.74. The molecule has 0 radical (unpaired) electrons. The number of aliphatic hydroxyl groups excluding tert-OH is 1. The van der Waals surface area contributed by atoms with Gasteiger partial charge in [0.05, 0.1) is 13.2 Å². The monoisotopic (exact) mass is 251 g/mol. The molecule has 0 aromatic heterocycles. The molecule has 0 saturated carbocycles. The molecule has 0 atom stereocenters. The number of aliphatic carboxylic acids is 1. The summed E-state index contributed by atoms with van der Waals surface area (Å²) < 4.78 is 4.98. The summed E-state index contributed by atoms with van der Waals surface area (Å²) in [5.74, 6) is -2.52. The molecule has 96 valence electrons. The van der Waals surface area contributed by atoms with Gasteiger partial charge in [-0.3, -0.25) is 4.79 Å². The standard InChI is InChI=1S/C12H13NO5/c1-18-9-4-2-8(3-5-9)7-13-11(15)6-10(14)12(16)17/h2-6,14H,7H2,1H3,(H,13,15)(H,16,17)/b10-6-. The number of carbonyl (C=O) groups excluding carboxylic acids is 1. The van der Waals surface area contributed by atoms with Crippen molar-refractivity contribution in [1.82, 2.24) is 5.32 Å². The number of rotatable bonds is 5. The predicted octanol–water partition coefficient (Wildman–Crippen LogP) is 0.838. The third-order valence-electron chi connectivity index (χ3n) is 2.11. The number of aliphatic hydroxyl groups is 1. The minimum Gasteiger partial charge on any atom is -0.502 e. The highest BCUT2D eigenvalue weighted by Crippen LogP contribution is 2.10. The fraction of sp³-hybridized carbons (Fsp3) is 0.167. The van der Waals surface area contributed by atoms with E-state index in [4.69, 9.17) is 14.9 Å². The van der Waals surface area contributed by atoms with E-state index in [2.05, 4.69) is 5.32 Å². The molecule has 0 fully saturated rings. The van der Waals surface area contributed by atoms with Gasteiger partial charge < -0.3 is 20.3 Å². The number of nitrogens with one attached hydrogen (secondary N) is 1. The Bertz CT molecular complexity index is 464. The number of hydrogen-bond acceptors (Lipinski definition) is 4. The largest absolute Gasteiger partial charge is 0.502 e. The van der Waals surface area contributed by atoms with Gasteiger partial charge in [-0.15, -0.1) is 0 Å². The van der Waals surface area contributed by atoms with E-state index in [1.54, 1.807) is 31.4 Å². The van der Waals surface area contributed by atoms with Crippen molar-refractivity contribution in [3.63, 3.8) is 0 Å². The second-order valence-electron chi connectivity index (χ2n) is 3.40. The number of amides is 1. The minimum atomic E-state index is -1.55. The summed E-state index contributed by atoms with van der Waals surface area (Å²) in [5.41, 5.74) is 0.826. The maximum Gasteiger partial charge on any atom is 0.371 e. The molecule has 0 unspecified atom stereocenters. The molecule has 0 aliphatic rings. The molecule has 0 bridgehead atoms. The van der Waals surface area contributed by atoms with Gasteiger partial charge in [0, 0.05) is 6.54 Å². The van der Waals surface area contributed by atoms with E-state index in [1.165, 1.54) is 0 Å². The second kappa shape index (κ2) is 6.29. The van der Waals surface area contributed by atoms with Crippen molar-refractivity contribution in [1.29, 1.82) is 0 Å². The van der Waals surface area contributed by atoms with Crippen molar-refractivity contribution in [3.8, 4) is 5.75 Å². The zero-order valence-corrected chi connectivity index (χ0v) is 9.71. The third kappa shape index (κ3) is 4.17. The Morgan fingerprint density at radius 2 is 1.89 bits per heavy atom. The van der Waals surface area contributed by atoms with Crippen LogP contribution in [0, 0.1) is 0 Å². The van der Waals surface area contributed by atoms with E-state index in [1.807, 2.05) is 0 Å². The van der Waals surface area contributed by atoms with Crippen LogP contribution < -0.4 is 10.1 Å². The van der Waals surface area contributed by atoms with Gasteiger partial charge >= 0.3 is 5.97 Å². The summed E-state index contributed by atoms with van der Waals surface area (Å²) in [6.45, 7) is 0.228. The van der Waals surface area contributed by atoms with Crippen molar-refractivity contribution in [2.75, 3.05) is 7.11 Å². The summed E-state index contributed by atoms with van der Waals surface area (Å²) >= 11 is 0. The fourth-order valence-corrected chi connectivity index (χ4v) is 1.17. The van der Waals surface area contributed by atoms with E-state index in [0.29, 0.717) is 11.8 Å². The summed E-state index contributed by atoms with van der Waals surface area (Å²) in [7, 11) is 1.55. The van der Waals surface area contributed by atoms with Gasteiger partial charge in [-0.1, -0.05) is 12.1 Å². The van der Waals surface area contributed by atoms with Crippen molar-refractivity contribution >= 4 is 11.9 Å². The fourth-order valence-electron chi connectivity index (χ4n) is 1.17. The maximum absolute atomic E-state index is 11.2. The second-order valence-corrected chi connectivity index (χ2v) is 3.40. The van der Waals surface area contributed by atoms with Crippen LogP contribution in [0.1, 0.15) is 5.56 Å². The van der Waals surface area contributed by atoms with Gasteiger partial charge in [0.1, 0.15) is 5.75 Å². The molecule has 0 aliphatic carbocycles. The SMILES string of the molecule is COc1ccc(CNC(=O)/C=C(\O)C(=O)O)cc1. The van der Waals surface area contributed by atoms with E-state index >= 15 is 0 Å². The van der Waals surface area contributed by atoms with Gasteiger partial charge in [0.25, 0.3) is 0 Å². The van der Waals surface area contributed by atoms with Gasteiger partial charge in [-0.25, -0.2) is 4.79 Å². The molecule has 1 aromatic rings. The molecule has 0 spiro atoms. The Morgan fingerprint density at radius 1 is 1.28 bits per heavy atom. The van der Waals surface area contributed by atoms with Gasteiger partial charge in [0.15, 0.2) is 0 Å². The Labute approximate surface area is 104 Å². The molecule has 6 nitrogen and oxygen atoms in total. The number of carbonyl (C=O) groups is 2. The maximum atomic E-state index is 11.2. The number of ether oxygens (including phenoxy) is 1. The van der Waals surface area contributed by atoms with Crippen LogP contribution in [0.4, 0.5) is 0 Å². The van der Waals surface area contributed by atoms with Crippen LogP contribution in [0.25, 0.3) is 0 Å². The van der Waals surface area contributed by atoms with Crippen LogP contribution in [0.5, 0.6) is 5.75 Å². The average Bonchev–Trinajstić information content (AvgIpc) is 2.36. The van der Waals surface area contributed by atoms with Crippen LogP contribution in [-0.2, 0) is 16.1 Å². The molecule has 1 aromatic carbocycles. The lowest BCUT2D eigenvalue weighted by Gasteiger charge is -2.04. The topological polar surface area (TPSA) is 95.9 Å². The predicted molar refractivity (Wildman–Crippen MR) is 63.2 cm³/mol. The number of carboxylic acid groups (broad SMARTS) is 1. The Balaban J connectivity index is 2.52. The number of methoxy groups -OCH3 is 1. The van der Waals surface area contributed by atoms with Crippen molar-refractivity contribution in [3.05, 3.63) is 41.7 Å². The molecule has 6 heteroatoms. The van der Waals surface area contributed by atoms with Crippen LogP contribution in [0.2, 0.25) is 0 Å². The van der Waals surface area contributed by atoms with Crippen molar-refractivity contribution in [2.45, 2.75) is 6.54 Å². The summed E-state index contributed by atoms with van der Waals surface area (Å²) in [4.78, 5) is 21.5. The Hall–Kier alpha value is -2.50. The first-order valence-electron chi connectivity index (χ1n) is 5.07. The number of hydrogen-bond donors (Lipinski definition) is 3. The molecule has 18 heavy (non-hydrogen) atoms. The van der Waals surface area contributed by atoms with E-state index < -0.39 is 17.6 Å². The van der Waals surface area contributed by atoms with E-state index in [9.17, 15) is 9.59 Å².